The van der Waals surface area contributed by atoms with Crippen LogP contribution < -0.4 is 15.3 Å². The second-order valence-corrected chi connectivity index (χ2v) is 14.5. The molecule has 3 aliphatic heterocycles. The fourth-order valence-corrected chi connectivity index (χ4v) is 8.10. The number of aromatic amines is 1. The number of anilines is 2. The van der Waals surface area contributed by atoms with Crippen LogP contribution in [0.25, 0.3) is 5.70 Å². The number of halogens is 2. The van der Waals surface area contributed by atoms with Crippen molar-refractivity contribution in [2.75, 3.05) is 38.1 Å². The molecule has 3 atom stereocenters. The Balaban J connectivity index is 1.40. The average molecular weight is 639 g/mol. The van der Waals surface area contributed by atoms with E-state index in [1.54, 1.807) is 32.2 Å². The second kappa shape index (κ2) is 11.7. The molecule has 248 valence electrons. The predicted molar refractivity (Wildman–Crippen MR) is 172 cm³/mol. The second-order valence-electron chi connectivity index (χ2n) is 14.5. The highest BCUT2D eigenvalue weighted by Crippen LogP contribution is 2.56. The van der Waals surface area contributed by atoms with E-state index in [0.29, 0.717) is 44.7 Å². The number of carbonyl (C=O) groups is 2. The highest BCUT2D eigenvalue weighted by atomic mass is 19.3. The summed E-state index contributed by atoms with van der Waals surface area (Å²) in [6.45, 7) is 12.3. The summed E-state index contributed by atoms with van der Waals surface area (Å²) >= 11 is 0. The van der Waals surface area contributed by atoms with E-state index in [1.165, 1.54) is 6.21 Å². The van der Waals surface area contributed by atoms with Gasteiger partial charge in [0.25, 0.3) is 6.43 Å². The number of hydrogen-bond acceptors (Lipinski definition) is 6. The zero-order chi connectivity index (χ0) is 33.1. The van der Waals surface area contributed by atoms with Gasteiger partial charge >= 0.3 is 6.09 Å². The van der Waals surface area contributed by atoms with Gasteiger partial charge in [-0.2, -0.15) is 0 Å². The van der Waals surface area contributed by atoms with Crippen LogP contribution in [0.5, 0.6) is 0 Å². The number of amides is 2. The smallest absolute Gasteiger partial charge is 0.410 e. The molecule has 3 N–H and O–H groups in total. The number of aromatic nitrogens is 2. The minimum atomic E-state index is -2.72. The maximum absolute atomic E-state index is 14.5. The lowest BCUT2D eigenvalue weighted by Crippen LogP contribution is -2.71. The largest absolute Gasteiger partial charge is 0.444 e. The van der Waals surface area contributed by atoms with Gasteiger partial charge in [0.2, 0.25) is 11.6 Å². The van der Waals surface area contributed by atoms with Crippen molar-refractivity contribution in [1.29, 1.82) is 0 Å². The van der Waals surface area contributed by atoms with Gasteiger partial charge < -0.3 is 25.2 Å². The Bertz CT molecular complexity index is 1610. The van der Waals surface area contributed by atoms with Crippen LogP contribution in [0.4, 0.5) is 25.1 Å². The monoisotopic (exact) mass is 638 g/mol. The summed E-state index contributed by atoms with van der Waals surface area (Å²) < 4.78 is 37.0. The van der Waals surface area contributed by atoms with Gasteiger partial charge in [-0.15, -0.1) is 9.78 Å². The molecule has 2 amide bonds. The van der Waals surface area contributed by atoms with E-state index in [4.69, 9.17) is 10.5 Å². The molecular formula is C34H46F2N7O3+. The third-order valence-corrected chi connectivity index (χ3v) is 9.98. The molecule has 1 saturated heterocycles. The van der Waals surface area contributed by atoms with Crippen LogP contribution in [0.15, 0.2) is 23.2 Å². The van der Waals surface area contributed by atoms with Crippen molar-refractivity contribution in [1.82, 2.24) is 14.9 Å². The average Bonchev–Trinajstić information content (AvgIpc) is 3.35. The third kappa shape index (κ3) is 5.64. The van der Waals surface area contributed by atoms with Crippen LogP contribution in [0.3, 0.4) is 0 Å². The predicted octanol–water partition coefficient (Wildman–Crippen LogP) is 5.05. The first-order chi connectivity index (χ1) is 21.7. The molecule has 2 unspecified atom stereocenters. The standard InChI is InChI=1S/C34H45F2N7O3/c1-20(44)40-13-10-27-25(18-40)31(39-43(27)29-22-16-34(29,5)19-41(17-22)32(45)46-33(2,3)4)42-12-7-8-21-14-23(26(37)9-11-38-6)24(30(35)36)15-28(21)42/h9,11,14-15,22,29-30H,7-8,10,12-13,16-19H2,1-6H3,(H2,37,38)/p+1/t22-,29?,34?/m0/s1. The van der Waals surface area contributed by atoms with Crippen LogP contribution >= 0.6 is 0 Å². The van der Waals surface area contributed by atoms with Gasteiger partial charge in [0, 0.05) is 74.8 Å². The maximum atomic E-state index is 14.5. The lowest BCUT2D eigenvalue weighted by molar-refractivity contribution is -0.812. The van der Waals surface area contributed by atoms with Gasteiger partial charge in [-0.25, -0.2) is 13.6 Å². The fraction of sp³-hybridized carbons (Fsp3) is 0.588. The fourth-order valence-electron chi connectivity index (χ4n) is 8.10. The van der Waals surface area contributed by atoms with E-state index < -0.39 is 12.0 Å². The molecular weight excluding hydrogens is 592 g/mol. The summed E-state index contributed by atoms with van der Waals surface area (Å²) in [5.74, 6) is 1.08. The molecule has 2 bridgehead atoms. The number of alkyl halides is 2. The Morgan fingerprint density at radius 2 is 1.98 bits per heavy atom. The number of piperidine rings is 2. The van der Waals surface area contributed by atoms with E-state index in [2.05, 4.69) is 26.6 Å². The molecule has 46 heavy (non-hydrogen) atoms. The molecule has 0 radical (unpaired) electrons. The molecule has 1 saturated carbocycles. The van der Waals surface area contributed by atoms with Gasteiger partial charge in [0.05, 0.1) is 23.9 Å². The third-order valence-electron chi connectivity index (χ3n) is 9.98. The number of carbonyl (C=O) groups excluding carboxylic acids is 2. The number of ether oxygens (including phenoxy) is 1. The van der Waals surface area contributed by atoms with E-state index >= 15 is 0 Å². The van der Waals surface area contributed by atoms with Gasteiger partial charge in [-0.1, -0.05) is 6.92 Å². The summed E-state index contributed by atoms with van der Waals surface area (Å²) in [6.07, 6.45) is 3.31. The summed E-state index contributed by atoms with van der Waals surface area (Å²) in [7, 11) is 1.60. The number of nitrogens with one attached hydrogen (secondary N) is 1. The highest BCUT2D eigenvalue weighted by Gasteiger charge is 2.64. The van der Waals surface area contributed by atoms with Gasteiger partial charge in [-0.05, 0) is 63.8 Å². The minimum absolute atomic E-state index is 0.00591. The maximum Gasteiger partial charge on any atom is 0.410 e. The van der Waals surface area contributed by atoms with Crippen molar-refractivity contribution in [3.8, 4) is 0 Å². The van der Waals surface area contributed by atoms with E-state index in [1.807, 2.05) is 30.6 Å². The zero-order valence-electron chi connectivity index (χ0n) is 27.7. The normalized spacial score (nSPS) is 24.6. The Morgan fingerprint density at radius 3 is 2.63 bits per heavy atom. The number of hydrogen-bond donors (Lipinski definition) is 2. The van der Waals surface area contributed by atoms with Gasteiger partial charge in [-0.3, -0.25) is 9.79 Å². The Morgan fingerprint density at radius 1 is 1.22 bits per heavy atom. The number of nitrogens with zero attached hydrogens (tertiary/aromatic N) is 5. The number of aryl methyl sites for hydroxylation is 1. The van der Waals surface area contributed by atoms with Crippen molar-refractivity contribution in [3.05, 3.63) is 46.2 Å². The number of fused-ring (bicyclic) bond motifs is 4. The number of aliphatic imine (C=N–C) groups is 1. The van der Waals surface area contributed by atoms with Crippen LogP contribution in [0.2, 0.25) is 0 Å². The number of rotatable bonds is 5. The first-order valence-corrected chi connectivity index (χ1v) is 16.2. The number of allylic oxidation sites excluding steroid dienone is 1. The lowest BCUT2D eigenvalue weighted by Gasteiger charge is -2.56. The number of nitrogens with two attached hydrogens (primary N) is 1. The summed E-state index contributed by atoms with van der Waals surface area (Å²) in [5.41, 5.74) is 9.82. The summed E-state index contributed by atoms with van der Waals surface area (Å²) in [5, 5.41) is 3.74. The Hall–Kier alpha value is -3.96. The quantitative estimate of drug-likeness (QED) is 0.352. The van der Waals surface area contributed by atoms with E-state index in [0.717, 1.165) is 47.6 Å². The van der Waals surface area contributed by atoms with Crippen molar-refractivity contribution in [3.63, 3.8) is 0 Å². The Labute approximate surface area is 269 Å². The van der Waals surface area contributed by atoms with Crippen molar-refractivity contribution < 1.29 is 27.8 Å². The first kappa shape index (κ1) is 32.0. The molecule has 1 aromatic carbocycles. The van der Waals surface area contributed by atoms with Crippen LogP contribution in [0, 0.1) is 11.3 Å². The zero-order valence-corrected chi connectivity index (χ0v) is 27.7. The SMILES string of the molecule is CN=C/C=C(\N)c1cc2c(cc1C(F)F)N(c1[nH][n+](C3[C@@H]4CN(C(=O)OC(C)(C)C)CC3(C)C4)c3c1CN(C(C)=O)CC3)CCC2. The van der Waals surface area contributed by atoms with Crippen LogP contribution in [-0.2, 0) is 28.9 Å². The first-order valence-electron chi connectivity index (χ1n) is 16.2. The molecule has 1 aliphatic carbocycles. The summed E-state index contributed by atoms with van der Waals surface area (Å²) in [4.78, 5) is 35.2. The number of H-pyrrole nitrogens is 1. The molecule has 4 heterocycles. The highest BCUT2D eigenvalue weighted by molar-refractivity contribution is 5.85. The van der Waals surface area contributed by atoms with Gasteiger partial charge in [0.1, 0.15) is 5.60 Å². The molecule has 10 nitrogen and oxygen atoms in total. The Kier molecular flexibility index (Phi) is 8.13. The molecule has 2 fully saturated rings. The molecule has 6 rings (SSSR count). The van der Waals surface area contributed by atoms with Gasteiger partial charge in [0.15, 0.2) is 11.9 Å². The topological polar surface area (TPSA) is 111 Å². The molecule has 0 spiro atoms. The van der Waals surface area contributed by atoms with Crippen molar-refractivity contribution >= 4 is 35.4 Å². The summed E-state index contributed by atoms with van der Waals surface area (Å²) in [6, 6.07) is 3.51. The van der Waals surface area contributed by atoms with E-state index in [-0.39, 0.29) is 40.6 Å². The number of likely N-dealkylation sites (tertiary alicyclic amines) is 1. The molecule has 1 aromatic heterocycles. The van der Waals surface area contributed by atoms with E-state index in [9.17, 15) is 18.4 Å². The lowest BCUT2D eigenvalue weighted by atomic mass is 9.55. The van der Waals surface area contributed by atoms with Crippen molar-refractivity contribution in [2.24, 2.45) is 22.1 Å². The molecule has 4 aliphatic rings. The van der Waals surface area contributed by atoms with Crippen LogP contribution in [0.1, 0.15) is 87.9 Å². The van der Waals surface area contributed by atoms with Crippen molar-refractivity contribution in [2.45, 2.75) is 84.9 Å². The van der Waals surface area contributed by atoms with Crippen LogP contribution in [-0.4, -0.2) is 71.9 Å². The minimum Gasteiger partial charge on any atom is -0.444 e. The molecule has 2 aromatic rings. The number of benzene rings is 1. The molecule has 12 heteroatoms.